The molecule has 202 valence electrons. The molecule has 1 fully saturated rings. The van der Waals surface area contributed by atoms with Gasteiger partial charge in [-0.25, -0.2) is 0 Å². The van der Waals surface area contributed by atoms with Crippen LogP contribution in [0, 0.1) is 5.41 Å². The first kappa shape index (κ1) is 31.1. The third-order valence-electron chi connectivity index (χ3n) is 7.48. The monoisotopic (exact) mass is 489 g/mol. The Balaban J connectivity index is 0.000000905. The highest BCUT2D eigenvalue weighted by atomic mass is 15.4. The van der Waals surface area contributed by atoms with Gasteiger partial charge in [0.2, 0.25) is 0 Å². The van der Waals surface area contributed by atoms with Crippen molar-refractivity contribution in [3.63, 3.8) is 0 Å². The number of nitrogens with one attached hydrogen (secondary N) is 1. The van der Waals surface area contributed by atoms with E-state index in [1.54, 1.807) is 14.1 Å². The number of quaternary nitrogens is 1. The maximum absolute atomic E-state index is 6.65. The zero-order chi connectivity index (χ0) is 26.1. The summed E-state index contributed by atoms with van der Waals surface area (Å²) in [4.78, 5) is 4.06. The van der Waals surface area contributed by atoms with Crippen molar-refractivity contribution in [2.24, 2.45) is 5.73 Å². The quantitative estimate of drug-likeness (QED) is 0.0918. The SMILES string of the molecule is CCCCCCCCCCCCCC[N+](C)(C)C1CCN(c2ccc(N)cc2)C1.CN(C)C(=N)N. The lowest BCUT2D eigenvalue weighted by molar-refractivity contribution is -0.912. The number of guanidine groups is 1. The lowest BCUT2D eigenvalue weighted by atomic mass is 10.0. The Hall–Kier alpha value is -1.95. The molecule has 1 aromatic carbocycles. The van der Waals surface area contributed by atoms with Gasteiger partial charge in [0.25, 0.3) is 0 Å². The number of likely N-dealkylation sites (N-methyl/N-ethyl adjacent to an activating group) is 1. The first-order chi connectivity index (χ1) is 16.7. The Morgan fingerprint density at radius 3 is 1.83 bits per heavy atom. The Bertz CT molecular complexity index is 670. The molecule has 0 spiro atoms. The number of hydrogen-bond donors (Lipinski definition) is 3. The molecule has 1 aromatic rings. The summed E-state index contributed by atoms with van der Waals surface area (Å²) in [6.07, 6.45) is 18.5. The lowest BCUT2D eigenvalue weighted by Gasteiger charge is -2.36. The van der Waals surface area contributed by atoms with E-state index in [4.69, 9.17) is 16.9 Å². The molecular weight excluding hydrogens is 432 g/mol. The third-order valence-corrected chi connectivity index (χ3v) is 7.48. The van der Waals surface area contributed by atoms with Gasteiger partial charge in [0.15, 0.2) is 5.96 Å². The second-order valence-electron chi connectivity index (χ2n) is 11.2. The van der Waals surface area contributed by atoms with Crippen LogP contribution in [0.5, 0.6) is 0 Å². The number of unbranched alkanes of at least 4 members (excludes halogenated alkanes) is 11. The van der Waals surface area contributed by atoms with Crippen LogP contribution in [-0.4, -0.2) is 69.2 Å². The van der Waals surface area contributed by atoms with Gasteiger partial charge in [-0.05, 0) is 37.1 Å². The molecule has 35 heavy (non-hydrogen) atoms. The van der Waals surface area contributed by atoms with E-state index < -0.39 is 0 Å². The molecule has 6 nitrogen and oxygen atoms in total. The summed E-state index contributed by atoms with van der Waals surface area (Å²) in [5, 5.41) is 6.65. The van der Waals surface area contributed by atoms with E-state index in [1.807, 2.05) is 12.1 Å². The molecule has 0 aromatic heterocycles. The number of nitrogens with zero attached hydrogens (tertiary/aromatic N) is 3. The average molecular weight is 490 g/mol. The van der Waals surface area contributed by atoms with Crippen molar-refractivity contribution >= 4 is 17.3 Å². The highest BCUT2D eigenvalue weighted by Gasteiger charge is 2.34. The molecule has 1 aliphatic heterocycles. The molecule has 0 bridgehead atoms. The molecule has 1 aliphatic rings. The number of anilines is 2. The van der Waals surface area contributed by atoms with E-state index >= 15 is 0 Å². The van der Waals surface area contributed by atoms with Crippen molar-refractivity contribution in [3.8, 4) is 0 Å². The fraction of sp³-hybridized carbons (Fsp3) is 0.759. The first-order valence-corrected chi connectivity index (χ1v) is 14.1. The van der Waals surface area contributed by atoms with Crippen LogP contribution < -0.4 is 16.4 Å². The fourth-order valence-corrected chi connectivity index (χ4v) is 4.77. The average Bonchev–Trinajstić information content (AvgIpc) is 3.32. The standard InChI is InChI=1S/C26H48N3.C3H9N3/c1-4-5-6-7-8-9-10-11-12-13-14-15-22-29(2,3)26-20-21-28(23-26)25-18-16-24(27)17-19-25;1-6(2)3(4)5/h16-19,26H,4-15,20-23,27H2,1-3H3;1-2H3,(H3,4,5)/q+1;. The van der Waals surface area contributed by atoms with E-state index in [0.717, 1.165) is 11.7 Å². The highest BCUT2D eigenvalue weighted by Crippen LogP contribution is 2.26. The largest absolute Gasteiger partial charge is 0.399 e. The fourth-order valence-electron chi connectivity index (χ4n) is 4.77. The maximum atomic E-state index is 6.65. The van der Waals surface area contributed by atoms with Gasteiger partial charge in [-0.15, -0.1) is 0 Å². The number of nitrogen functional groups attached to an aromatic ring is 1. The normalized spacial score (nSPS) is 15.6. The molecule has 0 amide bonds. The summed E-state index contributed by atoms with van der Waals surface area (Å²) >= 11 is 0. The summed E-state index contributed by atoms with van der Waals surface area (Å²) < 4.78 is 1.17. The Morgan fingerprint density at radius 1 is 0.914 bits per heavy atom. The minimum Gasteiger partial charge on any atom is -0.399 e. The Labute approximate surface area is 217 Å². The molecule has 1 heterocycles. The lowest BCUT2D eigenvalue weighted by Crippen LogP contribution is -2.50. The summed E-state index contributed by atoms with van der Waals surface area (Å²) in [7, 11) is 8.33. The number of benzene rings is 1. The zero-order valence-electron chi connectivity index (χ0n) is 23.7. The van der Waals surface area contributed by atoms with Crippen molar-refractivity contribution in [3.05, 3.63) is 24.3 Å². The maximum Gasteiger partial charge on any atom is 0.187 e. The molecule has 0 saturated carbocycles. The Kier molecular flexibility index (Phi) is 15.5. The van der Waals surface area contributed by atoms with Crippen LogP contribution in [-0.2, 0) is 0 Å². The molecular formula is C29H57N6+. The third kappa shape index (κ3) is 13.6. The van der Waals surface area contributed by atoms with Gasteiger partial charge in [0.1, 0.15) is 6.04 Å². The van der Waals surface area contributed by atoms with Gasteiger partial charge < -0.3 is 25.8 Å². The highest BCUT2D eigenvalue weighted by molar-refractivity contribution is 5.73. The van der Waals surface area contributed by atoms with Crippen LogP contribution in [0.3, 0.4) is 0 Å². The minimum atomic E-state index is 0.0926. The summed E-state index contributed by atoms with van der Waals surface area (Å²) in [6, 6.07) is 9.14. The molecule has 0 aliphatic carbocycles. The van der Waals surface area contributed by atoms with Crippen molar-refractivity contribution < 1.29 is 4.48 Å². The summed E-state index contributed by atoms with van der Waals surface area (Å²) in [6.45, 7) is 5.96. The predicted octanol–water partition coefficient (Wildman–Crippen LogP) is 6.07. The second kappa shape index (κ2) is 17.5. The van der Waals surface area contributed by atoms with Crippen molar-refractivity contribution in [2.45, 2.75) is 96.4 Å². The van der Waals surface area contributed by atoms with Crippen molar-refractivity contribution in [2.75, 3.05) is 58.5 Å². The summed E-state index contributed by atoms with van der Waals surface area (Å²) in [5.74, 6) is 0.0926. The summed E-state index contributed by atoms with van der Waals surface area (Å²) in [5.41, 5.74) is 13.0. The van der Waals surface area contributed by atoms with Crippen LogP contribution in [0.1, 0.15) is 90.4 Å². The van der Waals surface area contributed by atoms with Crippen LogP contribution >= 0.6 is 0 Å². The van der Waals surface area contributed by atoms with Gasteiger partial charge >= 0.3 is 0 Å². The molecule has 1 saturated heterocycles. The van der Waals surface area contributed by atoms with E-state index in [0.29, 0.717) is 0 Å². The van der Waals surface area contributed by atoms with Crippen LogP contribution in [0.2, 0.25) is 0 Å². The Morgan fingerprint density at radius 2 is 1.37 bits per heavy atom. The topological polar surface area (TPSA) is 82.4 Å². The van der Waals surface area contributed by atoms with Crippen molar-refractivity contribution in [1.29, 1.82) is 5.41 Å². The van der Waals surface area contributed by atoms with Gasteiger partial charge in [-0.1, -0.05) is 71.1 Å². The molecule has 0 radical (unpaired) electrons. The molecule has 5 N–H and O–H groups in total. The van der Waals surface area contributed by atoms with E-state index in [1.165, 1.54) is 118 Å². The van der Waals surface area contributed by atoms with Gasteiger partial charge in [-0.2, -0.15) is 0 Å². The van der Waals surface area contributed by atoms with Crippen LogP contribution in [0.25, 0.3) is 0 Å². The molecule has 6 heteroatoms. The smallest absolute Gasteiger partial charge is 0.187 e. The van der Waals surface area contributed by atoms with E-state index in [-0.39, 0.29) is 5.96 Å². The van der Waals surface area contributed by atoms with E-state index in [2.05, 4.69) is 38.1 Å². The zero-order valence-corrected chi connectivity index (χ0v) is 23.7. The number of hydrogen-bond acceptors (Lipinski definition) is 3. The van der Waals surface area contributed by atoms with Gasteiger partial charge in [0, 0.05) is 38.4 Å². The molecule has 1 unspecified atom stereocenters. The number of nitrogens with two attached hydrogens (primary N) is 2. The van der Waals surface area contributed by atoms with Crippen LogP contribution in [0.15, 0.2) is 24.3 Å². The minimum absolute atomic E-state index is 0.0926. The van der Waals surface area contributed by atoms with Crippen LogP contribution in [0.4, 0.5) is 11.4 Å². The first-order valence-electron chi connectivity index (χ1n) is 14.1. The molecule has 1 atom stereocenters. The van der Waals surface area contributed by atoms with Crippen molar-refractivity contribution in [1.82, 2.24) is 4.90 Å². The van der Waals surface area contributed by atoms with E-state index in [9.17, 15) is 0 Å². The van der Waals surface area contributed by atoms with Gasteiger partial charge in [0.05, 0.1) is 27.2 Å². The predicted molar refractivity (Wildman–Crippen MR) is 155 cm³/mol. The number of rotatable bonds is 15. The van der Waals surface area contributed by atoms with Gasteiger partial charge in [-0.3, -0.25) is 5.41 Å². The second-order valence-corrected chi connectivity index (χ2v) is 11.2. The molecule has 2 rings (SSSR count).